The van der Waals surface area contributed by atoms with Gasteiger partial charge < -0.3 is 20.1 Å². The number of rotatable bonds is 4. The van der Waals surface area contributed by atoms with Gasteiger partial charge in [0.05, 0.1) is 25.9 Å². The average molecular weight is 297 g/mol. The molecule has 2 amide bonds. The van der Waals surface area contributed by atoms with Crippen LogP contribution < -0.4 is 20.1 Å². The lowest BCUT2D eigenvalue weighted by Gasteiger charge is -2.11. The van der Waals surface area contributed by atoms with Crippen molar-refractivity contribution in [3.63, 3.8) is 0 Å². The van der Waals surface area contributed by atoms with Crippen molar-refractivity contribution in [3.05, 3.63) is 48.0 Å². The first kappa shape index (κ1) is 15.2. The fourth-order valence-corrected chi connectivity index (χ4v) is 1.80. The van der Waals surface area contributed by atoms with Gasteiger partial charge in [0.2, 0.25) is 0 Å². The van der Waals surface area contributed by atoms with Crippen molar-refractivity contribution in [2.75, 3.05) is 24.9 Å². The number of urea groups is 1. The van der Waals surface area contributed by atoms with Gasteiger partial charge in [-0.25, -0.2) is 4.79 Å². The second-order valence-electron chi connectivity index (χ2n) is 4.37. The lowest BCUT2D eigenvalue weighted by atomic mass is 10.2. The molecule has 0 bridgehead atoms. The molecule has 0 radical (unpaired) electrons. The summed E-state index contributed by atoms with van der Waals surface area (Å²) in [5.74, 6) is 1.15. The third kappa shape index (κ3) is 3.90. The molecule has 6 heteroatoms. The zero-order chi connectivity index (χ0) is 15.9. The Labute approximate surface area is 128 Å². The van der Waals surface area contributed by atoms with Crippen molar-refractivity contribution in [3.8, 4) is 17.6 Å². The van der Waals surface area contributed by atoms with Gasteiger partial charge in [-0.15, -0.1) is 0 Å². The summed E-state index contributed by atoms with van der Waals surface area (Å²) < 4.78 is 10.3. The van der Waals surface area contributed by atoms with Crippen molar-refractivity contribution in [1.29, 1.82) is 5.26 Å². The van der Waals surface area contributed by atoms with Crippen molar-refractivity contribution in [2.45, 2.75) is 0 Å². The molecule has 22 heavy (non-hydrogen) atoms. The van der Waals surface area contributed by atoms with Crippen LogP contribution in [0.3, 0.4) is 0 Å². The summed E-state index contributed by atoms with van der Waals surface area (Å²) in [7, 11) is 3.07. The van der Waals surface area contributed by atoms with Crippen LogP contribution in [0, 0.1) is 11.3 Å². The molecule has 2 aromatic carbocycles. The standard InChI is InChI=1S/C16H15N3O3/c1-21-14-7-13(8-15(9-14)22-2)19-16(20)18-12-5-3-11(10-17)4-6-12/h3-9H,1-2H3,(H2,18,19,20). The van der Waals surface area contributed by atoms with E-state index in [4.69, 9.17) is 14.7 Å². The van der Waals surface area contributed by atoms with Gasteiger partial charge in [-0.05, 0) is 24.3 Å². The maximum Gasteiger partial charge on any atom is 0.323 e. The first-order chi connectivity index (χ1) is 10.6. The summed E-state index contributed by atoms with van der Waals surface area (Å²) in [6.07, 6.45) is 0. The SMILES string of the molecule is COc1cc(NC(=O)Nc2ccc(C#N)cc2)cc(OC)c1. The molecule has 2 aromatic rings. The summed E-state index contributed by atoms with van der Waals surface area (Å²) in [6.45, 7) is 0. The van der Waals surface area contributed by atoms with Crippen molar-refractivity contribution in [2.24, 2.45) is 0 Å². The summed E-state index contributed by atoms with van der Waals surface area (Å²) in [5, 5.41) is 14.1. The molecular formula is C16H15N3O3. The van der Waals surface area contributed by atoms with E-state index in [0.717, 1.165) is 0 Å². The molecule has 0 aliphatic carbocycles. The van der Waals surface area contributed by atoms with E-state index in [1.807, 2.05) is 6.07 Å². The van der Waals surface area contributed by atoms with Gasteiger partial charge in [0.1, 0.15) is 11.5 Å². The van der Waals surface area contributed by atoms with Crippen LogP contribution in [0.5, 0.6) is 11.5 Å². The predicted molar refractivity (Wildman–Crippen MR) is 83.3 cm³/mol. The highest BCUT2D eigenvalue weighted by molar-refractivity contribution is 6.00. The molecule has 0 saturated carbocycles. The third-order valence-corrected chi connectivity index (χ3v) is 2.88. The van der Waals surface area contributed by atoms with E-state index < -0.39 is 6.03 Å². The number of amides is 2. The number of benzene rings is 2. The van der Waals surface area contributed by atoms with Crippen LogP contribution in [-0.4, -0.2) is 20.3 Å². The van der Waals surface area contributed by atoms with Crippen molar-refractivity contribution < 1.29 is 14.3 Å². The van der Waals surface area contributed by atoms with Crippen LogP contribution in [0.15, 0.2) is 42.5 Å². The molecule has 2 rings (SSSR count). The summed E-state index contributed by atoms with van der Waals surface area (Å²) in [4.78, 5) is 12.0. The number of carbonyl (C=O) groups is 1. The largest absolute Gasteiger partial charge is 0.497 e. The minimum absolute atomic E-state index is 0.403. The van der Waals surface area contributed by atoms with Crippen molar-refractivity contribution in [1.82, 2.24) is 0 Å². The molecule has 2 N–H and O–H groups in total. The second-order valence-corrected chi connectivity index (χ2v) is 4.37. The second kappa shape index (κ2) is 6.99. The Bertz CT molecular complexity index is 683. The number of anilines is 2. The minimum atomic E-state index is -0.403. The van der Waals surface area contributed by atoms with Gasteiger partial charge in [-0.3, -0.25) is 0 Å². The topological polar surface area (TPSA) is 83.4 Å². The Kier molecular flexibility index (Phi) is 4.83. The highest BCUT2D eigenvalue weighted by Gasteiger charge is 2.06. The first-order valence-corrected chi connectivity index (χ1v) is 6.46. The third-order valence-electron chi connectivity index (χ3n) is 2.88. The predicted octanol–water partition coefficient (Wildman–Crippen LogP) is 3.22. The quantitative estimate of drug-likeness (QED) is 0.907. The molecule has 0 spiro atoms. The molecule has 6 nitrogen and oxygen atoms in total. The molecule has 0 aromatic heterocycles. The van der Waals surface area contributed by atoms with Crippen LogP contribution in [0.4, 0.5) is 16.2 Å². The number of nitriles is 1. The number of hydrogen-bond acceptors (Lipinski definition) is 4. The smallest absolute Gasteiger partial charge is 0.323 e. The van der Waals surface area contributed by atoms with Crippen molar-refractivity contribution >= 4 is 17.4 Å². The van der Waals surface area contributed by atoms with Crippen LogP contribution >= 0.6 is 0 Å². The number of nitrogens with zero attached hydrogens (tertiary/aromatic N) is 1. The number of ether oxygens (including phenoxy) is 2. The molecule has 0 fully saturated rings. The van der Waals surface area contributed by atoms with E-state index in [0.29, 0.717) is 28.4 Å². The van der Waals surface area contributed by atoms with Gasteiger partial charge in [-0.2, -0.15) is 5.26 Å². The van der Waals surface area contributed by atoms with E-state index in [1.165, 1.54) is 14.2 Å². The Morgan fingerprint density at radius 1 is 0.955 bits per heavy atom. The molecule has 0 heterocycles. The van der Waals surface area contributed by atoms with E-state index in [2.05, 4.69) is 10.6 Å². The number of nitrogens with one attached hydrogen (secondary N) is 2. The Hall–Kier alpha value is -3.20. The zero-order valence-corrected chi connectivity index (χ0v) is 12.2. The highest BCUT2D eigenvalue weighted by Crippen LogP contribution is 2.25. The fraction of sp³-hybridized carbons (Fsp3) is 0.125. The summed E-state index contributed by atoms with van der Waals surface area (Å²) in [5.41, 5.74) is 1.66. The summed E-state index contributed by atoms with van der Waals surface area (Å²) >= 11 is 0. The maximum atomic E-state index is 12.0. The van der Waals surface area contributed by atoms with E-state index >= 15 is 0 Å². The lowest BCUT2D eigenvalue weighted by Crippen LogP contribution is -2.19. The highest BCUT2D eigenvalue weighted by atomic mass is 16.5. The van der Waals surface area contributed by atoms with E-state index in [-0.39, 0.29) is 0 Å². The monoisotopic (exact) mass is 297 g/mol. The van der Waals surface area contributed by atoms with Crippen LogP contribution in [0.25, 0.3) is 0 Å². The van der Waals surface area contributed by atoms with Gasteiger partial charge in [0.25, 0.3) is 0 Å². The maximum absolute atomic E-state index is 12.0. The lowest BCUT2D eigenvalue weighted by molar-refractivity contribution is 0.262. The molecule has 0 saturated heterocycles. The van der Waals surface area contributed by atoms with Crippen LogP contribution in [-0.2, 0) is 0 Å². The van der Waals surface area contributed by atoms with Gasteiger partial charge in [-0.1, -0.05) is 0 Å². The van der Waals surface area contributed by atoms with Gasteiger partial charge in [0, 0.05) is 29.6 Å². The number of carbonyl (C=O) groups excluding carboxylic acids is 1. The molecular weight excluding hydrogens is 282 g/mol. The average Bonchev–Trinajstić information content (AvgIpc) is 2.55. The summed E-state index contributed by atoms with van der Waals surface area (Å²) in [6, 6.07) is 13.3. The van der Waals surface area contributed by atoms with Gasteiger partial charge in [0.15, 0.2) is 0 Å². The zero-order valence-electron chi connectivity index (χ0n) is 12.2. The fourth-order valence-electron chi connectivity index (χ4n) is 1.80. The molecule has 112 valence electrons. The molecule has 0 aliphatic heterocycles. The van der Waals surface area contributed by atoms with Crippen LogP contribution in [0.1, 0.15) is 5.56 Å². The minimum Gasteiger partial charge on any atom is -0.497 e. The van der Waals surface area contributed by atoms with E-state index in [1.54, 1.807) is 42.5 Å². The molecule has 0 unspecified atom stereocenters. The Morgan fingerprint density at radius 3 is 2.00 bits per heavy atom. The Balaban J connectivity index is 2.06. The van der Waals surface area contributed by atoms with Crippen LogP contribution in [0.2, 0.25) is 0 Å². The van der Waals surface area contributed by atoms with Gasteiger partial charge >= 0.3 is 6.03 Å². The normalized spacial score (nSPS) is 9.50. The molecule has 0 atom stereocenters. The number of methoxy groups -OCH3 is 2. The Morgan fingerprint density at radius 2 is 1.50 bits per heavy atom. The van der Waals surface area contributed by atoms with E-state index in [9.17, 15) is 4.79 Å². The number of hydrogen-bond donors (Lipinski definition) is 2. The molecule has 0 aliphatic rings. The first-order valence-electron chi connectivity index (χ1n) is 6.46.